The first-order chi connectivity index (χ1) is 15.0. The summed E-state index contributed by atoms with van der Waals surface area (Å²) in [6.07, 6.45) is 6.27. The van der Waals surface area contributed by atoms with E-state index in [1.807, 2.05) is 0 Å². The average Bonchev–Trinajstić information content (AvgIpc) is 2.56. The van der Waals surface area contributed by atoms with Crippen LogP contribution in [0.25, 0.3) is 0 Å². The molecule has 0 aromatic carbocycles. The summed E-state index contributed by atoms with van der Waals surface area (Å²) < 4.78 is 0. The highest BCUT2D eigenvalue weighted by atomic mass is 16.4. The number of aliphatic hydroxyl groups is 4. The van der Waals surface area contributed by atoms with E-state index in [4.69, 9.17) is 45.6 Å². The van der Waals surface area contributed by atoms with Crippen molar-refractivity contribution in [3.63, 3.8) is 0 Å². The molecule has 188 valence electrons. The highest BCUT2D eigenvalue weighted by molar-refractivity contribution is 5.71. The molecule has 3 rings (SSSR count). The van der Waals surface area contributed by atoms with Crippen molar-refractivity contribution in [2.75, 3.05) is 13.2 Å². The predicted octanol–water partition coefficient (Wildman–Crippen LogP) is 0.00690. The number of aliphatic hydroxyl groups excluding tert-OH is 4. The van der Waals surface area contributed by atoms with Crippen LogP contribution in [0.5, 0.6) is 0 Å². The van der Waals surface area contributed by atoms with Crippen molar-refractivity contribution in [2.45, 2.75) is 70.0 Å². The summed E-state index contributed by atoms with van der Waals surface area (Å²) in [6, 6.07) is 0. The summed E-state index contributed by atoms with van der Waals surface area (Å²) >= 11 is 0. The minimum absolute atomic E-state index is 0.000000000000000444. The predicted molar refractivity (Wildman–Crippen MR) is 110 cm³/mol. The van der Waals surface area contributed by atoms with Gasteiger partial charge in [0.15, 0.2) is 0 Å². The Labute approximate surface area is 186 Å². The van der Waals surface area contributed by atoms with Crippen LogP contribution in [-0.4, -0.2) is 90.7 Å². The molecule has 3 aliphatic rings. The van der Waals surface area contributed by atoms with Gasteiger partial charge in [-0.2, -0.15) is 0 Å². The molecule has 0 bridgehead atoms. The largest absolute Gasteiger partial charge is 0.483 e. The summed E-state index contributed by atoms with van der Waals surface area (Å²) in [4.78, 5) is 38.3. The Balaban J connectivity index is 0. The lowest BCUT2D eigenvalue weighted by atomic mass is 9.86. The lowest BCUT2D eigenvalue weighted by Gasteiger charge is -2.19. The van der Waals surface area contributed by atoms with Gasteiger partial charge in [0.1, 0.15) is 12.2 Å². The molecule has 0 aromatic heterocycles. The first-order valence-corrected chi connectivity index (χ1v) is 10.4. The fourth-order valence-corrected chi connectivity index (χ4v) is 2.21. The van der Waals surface area contributed by atoms with E-state index in [1.165, 1.54) is 0 Å². The highest BCUT2D eigenvalue weighted by Gasteiger charge is 2.25. The molecule has 0 aliphatic heterocycles. The quantitative estimate of drug-likeness (QED) is 0.241. The van der Waals surface area contributed by atoms with Gasteiger partial charge in [0, 0.05) is 0 Å². The lowest BCUT2D eigenvalue weighted by Crippen LogP contribution is -2.31. The summed E-state index contributed by atoms with van der Waals surface area (Å²) in [5.41, 5.74) is 0. The Bertz CT molecular complexity index is 462. The normalized spacial score (nSPS) is 18.8. The molecule has 3 saturated carbocycles. The van der Waals surface area contributed by atoms with Crippen molar-refractivity contribution in [3.8, 4) is 0 Å². The third kappa shape index (κ3) is 15.5. The summed E-state index contributed by atoms with van der Waals surface area (Å²) in [7, 11) is 0. The van der Waals surface area contributed by atoms with E-state index in [1.54, 1.807) is 0 Å². The van der Waals surface area contributed by atoms with Crippen LogP contribution >= 0.6 is 0 Å². The molecule has 0 saturated heterocycles. The summed E-state index contributed by atoms with van der Waals surface area (Å²) in [5, 5.41) is 64.8. The Hall–Kier alpha value is -2.28. The standard InChI is InChI=1S/3C5H8O2.C4H10O4.CH2O2/c3*6-5(7)4-2-1-3-4;5-1-3(7)4(8)2-6;2-1-3/h3*4H,1-3H2,(H,6,7);3-8H,1-2H2;1H,(H,2,3). The number of carboxylic acid groups (broad SMARTS) is 4. The fraction of sp³-hybridized carbons (Fsp3) is 0.800. The van der Waals surface area contributed by atoms with Crippen LogP contribution < -0.4 is 0 Å². The van der Waals surface area contributed by atoms with Crippen LogP contribution in [0.1, 0.15) is 57.8 Å². The molecule has 0 spiro atoms. The molecule has 12 nitrogen and oxygen atoms in total. The summed E-state index contributed by atoms with van der Waals surface area (Å²) in [5.74, 6) is -1.86. The van der Waals surface area contributed by atoms with Gasteiger partial charge in [-0.1, -0.05) is 19.3 Å². The first-order valence-electron chi connectivity index (χ1n) is 10.4. The Morgan fingerprint density at radius 3 is 0.875 bits per heavy atom. The van der Waals surface area contributed by atoms with Gasteiger partial charge in [-0.05, 0) is 38.5 Å². The minimum atomic E-state index is -1.22. The zero-order chi connectivity index (χ0) is 25.1. The number of hydrogen-bond acceptors (Lipinski definition) is 8. The zero-order valence-corrected chi connectivity index (χ0v) is 18.0. The maximum atomic E-state index is 9.98. The number of carboxylic acids is 3. The van der Waals surface area contributed by atoms with E-state index in [0.717, 1.165) is 57.8 Å². The van der Waals surface area contributed by atoms with Gasteiger partial charge < -0.3 is 40.9 Å². The third-order valence-electron chi connectivity index (χ3n) is 5.18. The molecular weight excluding hydrogens is 432 g/mol. The molecule has 3 aliphatic carbocycles. The van der Waals surface area contributed by atoms with Gasteiger partial charge in [0.2, 0.25) is 0 Å². The van der Waals surface area contributed by atoms with Crippen molar-refractivity contribution in [2.24, 2.45) is 17.8 Å². The van der Waals surface area contributed by atoms with E-state index in [-0.39, 0.29) is 24.2 Å². The molecule has 0 heterocycles. The Morgan fingerprint density at radius 2 is 0.844 bits per heavy atom. The second-order valence-electron chi connectivity index (χ2n) is 7.50. The van der Waals surface area contributed by atoms with E-state index in [2.05, 4.69) is 0 Å². The number of aliphatic carboxylic acids is 3. The van der Waals surface area contributed by atoms with Gasteiger partial charge in [-0.3, -0.25) is 19.2 Å². The molecule has 2 atom stereocenters. The van der Waals surface area contributed by atoms with Crippen molar-refractivity contribution in [1.29, 1.82) is 0 Å². The van der Waals surface area contributed by atoms with Crippen molar-refractivity contribution in [1.82, 2.24) is 0 Å². The maximum Gasteiger partial charge on any atom is 0.306 e. The van der Waals surface area contributed by atoms with Crippen LogP contribution in [0.2, 0.25) is 0 Å². The minimum Gasteiger partial charge on any atom is -0.483 e. The Morgan fingerprint density at radius 1 is 0.656 bits per heavy atom. The van der Waals surface area contributed by atoms with Crippen LogP contribution in [0.3, 0.4) is 0 Å². The second-order valence-corrected chi connectivity index (χ2v) is 7.50. The van der Waals surface area contributed by atoms with Crippen LogP contribution in [0.15, 0.2) is 0 Å². The topological polar surface area (TPSA) is 230 Å². The highest BCUT2D eigenvalue weighted by Crippen LogP contribution is 2.26. The molecule has 32 heavy (non-hydrogen) atoms. The molecule has 0 amide bonds. The van der Waals surface area contributed by atoms with E-state index < -0.39 is 43.3 Å². The Kier molecular flexibility index (Phi) is 19.3. The van der Waals surface area contributed by atoms with E-state index in [0.29, 0.717) is 0 Å². The van der Waals surface area contributed by atoms with Gasteiger partial charge in [-0.15, -0.1) is 0 Å². The van der Waals surface area contributed by atoms with Gasteiger partial charge >= 0.3 is 17.9 Å². The van der Waals surface area contributed by atoms with E-state index in [9.17, 15) is 14.4 Å². The maximum absolute atomic E-state index is 9.98. The lowest BCUT2D eigenvalue weighted by molar-refractivity contribution is -0.145. The fourth-order valence-electron chi connectivity index (χ4n) is 2.21. The molecular formula is C20H36O12. The van der Waals surface area contributed by atoms with Crippen LogP contribution in [0.4, 0.5) is 0 Å². The average molecular weight is 468 g/mol. The summed E-state index contributed by atoms with van der Waals surface area (Å²) in [6.45, 7) is -1.30. The van der Waals surface area contributed by atoms with Gasteiger partial charge in [0.05, 0.1) is 31.0 Å². The molecule has 0 aromatic rings. The van der Waals surface area contributed by atoms with Gasteiger partial charge in [-0.25, -0.2) is 0 Å². The third-order valence-corrected chi connectivity index (χ3v) is 5.18. The number of rotatable bonds is 6. The number of carbonyl (C=O) groups is 4. The molecule has 2 unspecified atom stereocenters. The molecule has 3 fully saturated rings. The zero-order valence-electron chi connectivity index (χ0n) is 18.0. The SMILES string of the molecule is O=C(O)C1CCC1.O=C(O)C1CCC1.O=C(O)C1CCC1.O=CO.OCC(O)C(O)CO. The van der Waals surface area contributed by atoms with Crippen molar-refractivity contribution in [3.05, 3.63) is 0 Å². The van der Waals surface area contributed by atoms with Crippen LogP contribution in [-0.2, 0) is 19.2 Å². The number of hydrogen-bond donors (Lipinski definition) is 8. The van der Waals surface area contributed by atoms with Crippen molar-refractivity contribution >= 4 is 24.4 Å². The smallest absolute Gasteiger partial charge is 0.306 e. The van der Waals surface area contributed by atoms with Crippen LogP contribution in [0, 0.1) is 17.8 Å². The second kappa shape index (κ2) is 19.4. The monoisotopic (exact) mass is 468 g/mol. The molecule has 0 radical (unpaired) electrons. The van der Waals surface area contributed by atoms with E-state index >= 15 is 0 Å². The van der Waals surface area contributed by atoms with Gasteiger partial charge in [0.25, 0.3) is 6.47 Å². The molecule has 8 N–H and O–H groups in total. The first kappa shape index (κ1) is 31.9. The molecule has 12 heteroatoms. The van der Waals surface area contributed by atoms with Crippen molar-refractivity contribution < 1.29 is 60.0 Å².